The maximum Gasteiger partial charge on any atom is 0.286 e. The van der Waals surface area contributed by atoms with Crippen molar-refractivity contribution in [2.75, 3.05) is 6.54 Å². The first kappa shape index (κ1) is 14.2. The molecule has 106 valence electrons. The Morgan fingerprint density at radius 1 is 1.40 bits per heavy atom. The zero-order chi connectivity index (χ0) is 14.5. The van der Waals surface area contributed by atoms with Crippen LogP contribution in [0.25, 0.3) is 0 Å². The van der Waals surface area contributed by atoms with E-state index in [1.807, 2.05) is 0 Å². The Bertz CT molecular complexity index is 541. The Labute approximate surface area is 117 Å². The lowest BCUT2D eigenvalue weighted by Gasteiger charge is -2.21. The van der Waals surface area contributed by atoms with Crippen molar-refractivity contribution >= 4 is 17.5 Å². The number of carbonyl (C=O) groups is 2. The van der Waals surface area contributed by atoms with E-state index in [1.165, 1.54) is 0 Å². The summed E-state index contributed by atoms with van der Waals surface area (Å²) in [5, 5.41) is 12.8. The molecular weight excluding hydrogens is 256 g/mol. The average molecular weight is 274 g/mol. The number of dihydropyridines is 1. The highest BCUT2D eigenvalue weighted by atomic mass is 16.3. The van der Waals surface area contributed by atoms with Crippen molar-refractivity contribution in [2.45, 2.75) is 26.2 Å². The minimum Gasteiger partial charge on any atom is -0.510 e. The van der Waals surface area contributed by atoms with Crippen LogP contribution in [0.15, 0.2) is 40.6 Å². The molecule has 20 heavy (non-hydrogen) atoms. The zero-order valence-corrected chi connectivity index (χ0v) is 11.4. The number of rotatable bonds is 5. The predicted octanol–water partition coefficient (Wildman–Crippen LogP) is 1.83. The lowest BCUT2D eigenvalue weighted by molar-refractivity contribution is -0.122. The molecule has 2 aliphatic rings. The van der Waals surface area contributed by atoms with Gasteiger partial charge in [0.15, 0.2) is 0 Å². The molecule has 1 heterocycles. The van der Waals surface area contributed by atoms with E-state index in [9.17, 15) is 14.7 Å². The molecule has 2 rings (SSSR count). The fraction of sp³-hybridized carbons (Fsp3) is 0.400. The van der Waals surface area contributed by atoms with Crippen molar-refractivity contribution in [1.29, 1.82) is 0 Å². The Morgan fingerprint density at radius 3 is 2.95 bits per heavy atom. The maximum absolute atomic E-state index is 12.0. The van der Waals surface area contributed by atoms with Crippen LogP contribution in [0.1, 0.15) is 26.2 Å². The Kier molecular flexibility index (Phi) is 4.50. The Morgan fingerprint density at radius 2 is 2.20 bits per heavy atom. The van der Waals surface area contributed by atoms with Crippen molar-refractivity contribution in [1.82, 2.24) is 5.32 Å². The number of hydrogen-bond acceptors (Lipinski definition) is 3. The van der Waals surface area contributed by atoms with Crippen LogP contribution >= 0.6 is 0 Å². The SMILES string of the molecule is CCCCCNC(=O)C1=C(O)C2C=CC=CC2=NC1=O. The third-order valence-electron chi connectivity index (χ3n) is 3.29. The summed E-state index contributed by atoms with van der Waals surface area (Å²) in [5.74, 6) is -1.93. The number of aliphatic hydroxyl groups is 1. The molecule has 1 aliphatic heterocycles. The van der Waals surface area contributed by atoms with Gasteiger partial charge in [0, 0.05) is 6.54 Å². The van der Waals surface area contributed by atoms with Gasteiger partial charge in [-0.25, -0.2) is 4.99 Å². The second-order valence-corrected chi connectivity index (χ2v) is 4.79. The van der Waals surface area contributed by atoms with Crippen LogP contribution in [0.3, 0.4) is 0 Å². The van der Waals surface area contributed by atoms with Crippen LogP contribution in [-0.4, -0.2) is 29.2 Å². The van der Waals surface area contributed by atoms with Crippen LogP contribution in [-0.2, 0) is 9.59 Å². The van der Waals surface area contributed by atoms with Gasteiger partial charge in [-0.05, 0) is 12.5 Å². The van der Waals surface area contributed by atoms with Crippen LogP contribution < -0.4 is 5.32 Å². The van der Waals surface area contributed by atoms with E-state index < -0.39 is 17.7 Å². The third kappa shape index (κ3) is 2.87. The molecule has 1 aliphatic carbocycles. The number of fused-ring (bicyclic) bond motifs is 1. The number of unbranched alkanes of at least 4 members (excludes halogenated alkanes) is 2. The molecule has 0 aromatic carbocycles. The summed E-state index contributed by atoms with van der Waals surface area (Å²) in [6.07, 6.45) is 9.79. The normalized spacial score (nSPS) is 20.8. The zero-order valence-electron chi connectivity index (χ0n) is 11.4. The van der Waals surface area contributed by atoms with E-state index in [0.29, 0.717) is 12.3 Å². The van der Waals surface area contributed by atoms with Gasteiger partial charge >= 0.3 is 0 Å². The fourth-order valence-corrected chi connectivity index (χ4v) is 2.19. The summed E-state index contributed by atoms with van der Waals surface area (Å²) in [7, 11) is 0. The van der Waals surface area contributed by atoms with Crippen LogP contribution in [0.2, 0.25) is 0 Å². The molecule has 0 bridgehead atoms. The van der Waals surface area contributed by atoms with Gasteiger partial charge in [0.1, 0.15) is 11.3 Å². The number of amides is 2. The number of allylic oxidation sites excluding steroid dienone is 4. The van der Waals surface area contributed by atoms with E-state index in [1.54, 1.807) is 24.3 Å². The Balaban J connectivity index is 2.10. The lowest BCUT2D eigenvalue weighted by Crippen LogP contribution is -2.34. The highest BCUT2D eigenvalue weighted by Crippen LogP contribution is 2.25. The molecule has 0 aromatic heterocycles. The van der Waals surface area contributed by atoms with Crippen LogP contribution in [0, 0.1) is 5.92 Å². The summed E-state index contributed by atoms with van der Waals surface area (Å²) >= 11 is 0. The summed E-state index contributed by atoms with van der Waals surface area (Å²) < 4.78 is 0. The summed E-state index contributed by atoms with van der Waals surface area (Å²) in [5.41, 5.74) is 0.229. The highest BCUT2D eigenvalue weighted by molar-refractivity contribution is 6.25. The molecule has 0 saturated carbocycles. The highest BCUT2D eigenvalue weighted by Gasteiger charge is 2.33. The first-order chi connectivity index (χ1) is 9.65. The molecule has 0 spiro atoms. The standard InChI is InChI=1S/C15H18N2O3/c1-2-3-6-9-16-14(19)12-13(18)10-7-4-5-8-11(10)17-15(12)20/h4-5,7-8,10,18H,2-3,6,9H2,1H3,(H,16,19). The summed E-state index contributed by atoms with van der Waals surface area (Å²) in [4.78, 5) is 27.7. The van der Waals surface area contributed by atoms with Crippen molar-refractivity contribution in [3.8, 4) is 0 Å². The monoisotopic (exact) mass is 274 g/mol. The molecular formula is C15H18N2O3. The molecule has 0 aromatic rings. The largest absolute Gasteiger partial charge is 0.510 e. The van der Waals surface area contributed by atoms with E-state index in [2.05, 4.69) is 17.2 Å². The van der Waals surface area contributed by atoms with Gasteiger partial charge in [0.05, 0.1) is 11.6 Å². The van der Waals surface area contributed by atoms with Gasteiger partial charge in [0.2, 0.25) is 0 Å². The first-order valence-electron chi connectivity index (χ1n) is 6.84. The van der Waals surface area contributed by atoms with Crippen LogP contribution in [0.5, 0.6) is 0 Å². The quantitative estimate of drug-likeness (QED) is 0.593. The van der Waals surface area contributed by atoms with Crippen molar-refractivity contribution < 1.29 is 14.7 Å². The smallest absolute Gasteiger partial charge is 0.286 e. The lowest BCUT2D eigenvalue weighted by atomic mass is 9.90. The van der Waals surface area contributed by atoms with Crippen molar-refractivity contribution in [3.05, 3.63) is 35.6 Å². The summed E-state index contributed by atoms with van der Waals surface area (Å²) in [6.45, 7) is 2.56. The van der Waals surface area contributed by atoms with Gasteiger partial charge < -0.3 is 10.4 Å². The molecule has 2 amide bonds. The molecule has 0 fully saturated rings. The number of aliphatic hydroxyl groups excluding tert-OH is 1. The van der Waals surface area contributed by atoms with Crippen molar-refractivity contribution in [2.24, 2.45) is 10.9 Å². The Hall–Kier alpha value is -2.17. The maximum atomic E-state index is 12.0. The summed E-state index contributed by atoms with van der Waals surface area (Å²) in [6, 6.07) is 0. The van der Waals surface area contributed by atoms with Gasteiger partial charge in [0.25, 0.3) is 11.8 Å². The van der Waals surface area contributed by atoms with E-state index in [-0.39, 0.29) is 11.3 Å². The second-order valence-electron chi connectivity index (χ2n) is 4.79. The predicted molar refractivity (Wildman–Crippen MR) is 76.4 cm³/mol. The minimum absolute atomic E-state index is 0.214. The number of aliphatic imine (C=N–C) groups is 1. The first-order valence-corrected chi connectivity index (χ1v) is 6.84. The average Bonchev–Trinajstić information content (AvgIpc) is 2.43. The molecule has 0 saturated heterocycles. The molecule has 1 unspecified atom stereocenters. The number of carbonyl (C=O) groups excluding carboxylic acids is 2. The molecule has 5 nitrogen and oxygen atoms in total. The fourth-order valence-electron chi connectivity index (χ4n) is 2.19. The molecule has 2 N–H and O–H groups in total. The number of nitrogens with one attached hydrogen (secondary N) is 1. The topological polar surface area (TPSA) is 78.8 Å². The minimum atomic E-state index is -0.679. The molecule has 0 radical (unpaired) electrons. The van der Waals surface area contributed by atoms with E-state index in [0.717, 1.165) is 19.3 Å². The third-order valence-corrected chi connectivity index (χ3v) is 3.29. The van der Waals surface area contributed by atoms with Gasteiger partial charge in [-0.2, -0.15) is 0 Å². The van der Waals surface area contributed by atoms with Gasteiger partial charge in [-0.3, -0.25) is 9.59 Å². The van der Waals surface area contributed by atoms with Crippen LogP contribution in [0.4, 0.5) is 0 Å². The van der Waals surface area contributed by atoms with Gasteiger partial charge in [-0.1, -0.05) is 38.0 Å². The number of hydrogen-bond donors (Lipinski definition) is 2. The van der Waals surface area contributed by atoms with Crippen molar-refractivity contribution in [3.63, 3.8) is 0 Å². The van der Waals surface area contributed by atoms with Gasteiger partial charge in [-0.15, -0.1) is 0 Å². The van der Waals surface area contributed by atoms with E-state index in [4.69, 9.17) is 0 Å². The molecule has 1 atom stereocenters. The number of nitrogens with zero attached hydrogens (tertiary/aromatic N) is 1. The van der Waals surface area contributed by atoms with E-state index >= 15 is 0 Å². The molecule has 5 heteroatoms. The second kappa shape index (κ2) is 6.32.